The number of carbonyl (C=O) groups is 1. The van der Waals surface area contributed by atoms with Crippen LogP contribution in [0.5, 0.6) is 0 Å². The third kappa shape index (κ3) is 4.49. The SMILES string of the molecule is CC(C)SCC(=O)Cc1ccc(Cl)s1. The summed E-state index contributed by atoms with van der Waals surface area (Å²) in [6, 6.07) is 3.76. The summed E-state index contributed by atoms with van der Waals surface area (Å²) in [5.74, 6) is 0.884. The van der Waals surface area contributed by atoms with Crippen molar-refractivity contribution in [3.8, 4) is 0 Å². The van der Waals surface area contributed by atoms with Crippen LogP contribution in [-0.2, 0) is 11.2 Å². The van der Waals surface area contributed by atoms with E-state index in [9.17, 15) is 4.79 Å². The van der Waals surface area contributed by atoms with Crippen LogP contribution in [0.3, 0.4) is 0 Å². The van der Waals surface area contributed by atoms with E-state index in [0.29, 0.717) is 17.4 Å². The van der Waals surface area contributed by atoms with E-state index < -0.39 is 0 Å². The highest BCUT2D eigenvalue weighted by Gasteiger charge is 2.07. The van der Waals surface area contributed by atoms with Gasteiger partial charge in [-0.05, 0) is 17.4 Å². The van der Waals surface area contributed by atoms with Gasteiger partial charge in [0.2, 0.25) is 0 Å². The highest BCUT2D eigenvalue weighted by molar-refractivity contribution is 8.00. The smallest absolute Gasteiger partial charge is 0.147 e. The van der Waals surface area contributed by atoms with Crippen LogP contribution in [0.4, 0.5) is 0 Å². The molecule has 1 aromatic heterocycles. The van der Waals surface area contributed by atoms with Crippen LogP contribution in [0, 0.1) is 0 Å². The highest BCUT2D eigenvalue weighted by Crippen LogP contribution is 2.22. The van der Waals surface area contributed by atoms with Gasteiger partial charge in [-0.15, -0.1) is 11.3 Å². The molecule has 1 aromatic rings. The van der Waals surface area contributed by atoms with Crippen molar-refractivity contribution in [1.29, 1.82) is 0 Å². The Bertz CT molecular complexity index is 307. The van der Waals surface area contributed by atoms with Crippen LogP contribution in [0.25, 0.3) is 0 Å². The van der Waals surface area contributed by atoms with Gasteiger partial charge in [0, 0.05) is 11.3 Å². The molecule has 0 N–H and O–H groups in total. The van der Waals surface area contributed by atoms with Gasteiger partial charge < -0.3 is 0 Å². The average Bonchev–Trinajstić information content (AvgIpc) is 2.48. The molecule has 14 heavy (non-hydrogen) atoms. The van der Waals surface area contributed by atoms with Crippen molar-refractivity contribution in [1.82, 2.24) is 0 Å². The summed E-state index contributed by atoms with van der Waals surface area (Å²) in [6.07, 6.45) is 0.525. The van der Waals surface area contributed by atoms with Gasteiger partial charge in [0.25, 0.3) is 0 Å². The zero-order valence-electron chi connectivity index (χ0n) is 8.25. The Kier molecular flexibility index (Phi) is 4.99. The highest BCUT2D eigenvalue weighted by atomic mass is 35.5. The van der Waals surface area contributed by atoms with E-state index in [4.69, 9.17) is 11.6 Å². The lowest BCUT2D eigenvalue weighted by Gasteiger charge is -2.02. The lowest BCUT2D eigenvalue weighted by molar-refractivity contribution is -0.115. The molecular weight excluding hydrogens is 236 g/mol. The van der Waals surface area contributed by atoms with Gasteiger partial charge >= 0.3 is 0 Å². The molecule has 78 valence electrons. The summed E-state index contributed by atoms with van der Waals surface area (Å²) < 4.78 is 0.754. The Morgan fingerprint density at radius 2 is 2.29 bits per heavy atom. The van der Waals surface area contributed by atoms with E-state index >= 15 is 0 Å². The molecule has 1 heterocycles. The summed E-state index contributed by atoms with van der Waals surface area (Å²) in [4.78, 5) is 12.5. The van der Waals surface area contributed by atoms with Gasteiger partial charge in [0.1, 0.15) is 5.78 Å². The molecule has 0 aliphatic rings. The monoisotopic (exact) mass is 248 g/mol. The molecule has 4 heteroatoms. The number of thiophene rings is 1. The van der Waals surface area contributed by atoms with Crippen molar-refractivity contribution in [3.63, 3.8) is 0 Å². The van der Waals surface area contributed by atoms with Crippen molar-refractivity contribution in [2.75, 3.05) is 5.75 Å². The van der Waals surface area contributed by atoms with Crippen molar-refractivity contribution in [2.45, 2.75) is 25.5 Å². The summed E-state index contributed by atoms with van der Waals surface area (Å²) in [6.45, 7) is 4.19. The van der Waals surface area contributed by atoms with E-state index in [-0.39, 0.29) is 5.78 Å². The molecule has 0 radical (unpaired) electrons. The topological polar surface area (TPSA) is 17.1 Å². The van der Waals surface area contributed by atoms with Crippen LogP contribution >= 0.6 is 34.7 Å². The van der Waals surface area contributed by atoms with Gasteiger partial charge in [-0.3, -0.25) is 4.79 Å². The first-order chi connectivity index (χ1) is 6.58. The first-order valence-electron chi connectivity index (χ1n) is 4.45. The third-order valence-electron chi connectivity index (χ3n) is 1.58. The van der Waals surface area contributed by atoms with E-state index in [0.717, 1.165) is 9.21 Å². The lowest BCUT2D eigenvalue weighted by atomic mass is 10.3. The maximum Gasteiger partial charge on any atom is 0.147 e. The minimum Gasteiger partial charge on any atom is -0.298 e. The summed E-state index contributed by atoms with van der Waals surface area (Å²) in [5, 5.41) is 0.519. The number of thioether (sulfide) groups is 1. The third-order valence-corrected chi connectivity index (χ3v) is 3.96. The zero-order chi connectivity index (χ0) is 10.6. The predicted molar refractivity (Wildman–Crippen MR) is 65.6 cm³/mol. The van der Waals surface area contributed by atoms with E-state index in [1.807, 2.05) is 12.1 Å². The molecule has 0 amide bonds. The number of carbonyl (C=O) groups excluding carboxylic acids is 1. The normalized spacial score (nSPS) is 10.9. The molecule has 0 fully saturated rings. The molecule has 0 aliphatic carbocycles. The van der Waals surface area contributed by atoms with Crippen molar-refractivity contribution >= 4 is 40.5 Å². The van der Waals surface area contributed by atoms with Crippen molar-refractivity contribution in [3.05, 3.63) is 21.3 Å². The maximum atomic E-state index is 11.5. The standard InChI is InChI=1S/C10H13ClOS2/c1-7(2)13-6-8(12)5-9-3-4-10(11)14-9/h3-4,7H,5-6H2,1-2H3. The van der Waals surface area contributed by atoms with Crippen molar-refractivity contribution in [2.24, 2.45) is 0 Å². The largest absolute Gasteiger partial charge is 0.298 e. The molecule has 0 aromatic carbocycles. The molecule has 0 saturated carbocycles. The Morgan fingerprint density at radius 1 is 1.57 bits per heavy atom. The van der Waals surface area contributed by atoms with Crippen LogP contribution in [0.15, 0.2) is 12.1 Å². The van der Waals surface area contributed by atoms with Gasteiger partial charge in [-0.2, -0.15) is 11.8 Å². The van der Waals surface area contributed by atoms with Gasteiger partial charge in [-0.1, -0.05) is 25.4 Å². The van der Waals surface area contributed by atoms with Crippen LogP contribution in [0.2, 0.25) is 4.34 Å². The van der Waals surface area contributed by atoms with Gasteiger partial charge in [-0.25, -0.2) is 0 Å². The Morgan fingerprint density at radius 3 is 2.79 bits per heavy atom. The number of ketones is 1. The van der Waals surface area contributed by atoms with E-state index in [1.165, 1.54) is 11.3 Å². The number of hydrogen-bond donors (Lipinski definition) is 0. The molecule has 0 aliphatic heterocycles. The fourth-order valence-corrected chi connectivity index (χ4v) is 2.69. The van der Waals surface area contributed by atoms with E-state index in [2.05, 4.69) is 13.8 Å². The molecule has 0 atom stereocenters. The molecule has 0 unspecified atom stereocenters. The minimum atomic E-state index is 0.280. The first-order valence-corrected chi connectivity index (χ1v) is 6.69. The second-order valence-electron chi connectivity index (χ2n) is 3.28. The molecule has 0 spiro atoms. The summed E-state index contributed by atoms with van der Waals surface area (Å²) in [7, 11) is 0. The fourth-order valence-electron chi connectivity index (χ4n) is 0.952. The second kappa shape index (κ2) is 5.79. The average molecular weight is 249 g/mol. The molecule has 1 rings (SSSR count). The summed E-state index contributed by atoms with van der Waals surface area (Å²) in [5.41, 5.74) is 0. The number of rotatable bonds is 5. The molecular formula is C10H13ClOS2. The van der Waals surface area contributed by atoms with Crippen LogP contribution in [0.1, 0.15) is 18.7 Å². The van der Waals surface area contributed by atoms with E-state index in [1.54, 1.807) is 11.8 Å². The number of halogens is 1. The second-order valence-corrected chi connectivity index (χ2v) is 6.65. The Balaban J connectivity index is 2.34. The van der Waals surface area contributed by atoms with Crippen LogP contribution < -0.4 is 0 Å². The minimum absolute atomic E-state index is 0.280. The van der Waals surface area contributed by atoms with Gasteiger partial charge in [0.05, 0.1) is 10.1 Å². The zero-order valence-corrected chi connectivity index (χ0v) is 10.6. The molecule has 0 saturated heterocycles. The van der Waals surface area contributed by atoms with Gasteiger partial charge in [0.15, 0.2) is 0 Å². The summed E-state index contributed by atoms with van der Waals surface area (Å²) >= 11 is 8.95. The predicted octanol–water partition coefficient (Wildman–Crippen LogP) is 3.65. The lowest BCUT2D eigenvalue weighted by Crippen LogP contribution is -2.06. The molecule has 0 bridgehead atoms. The Labute approximate surface area is 97.8 Å². The Hall–Kier alpha value is 0.01000. The number of hydrogen-bond acceptors (Lipinski definition) is 3. The van der Waals surface area contributed by atoms with Crippen LogP contribution in [-0.4, -0.2) is 16.8 Å². The number of Topliss-reactive ketones (excluding diaryl/α,β-unsaturated/α-hetero) is 1. The quantitative estimate of drug-likeness (QED) is 0.791. The van der Waals surface area contributed by atoms with Crippen molar-refractivity contribution < 1.29 is 4.79 Å². The molecule has 1 nitrogen and oxygen atoms in total. The first kappa shape index (κ1) is 12.1. The maximum absolute atomic E-state index is 11.5. The fraction of sp³-hybridized carbons (Fsp3) is 0.500.